The van der Waals surface area contributed by atoms with E-state index in [1.54, 1.807) is 0 Å². The van der Waals surface area contributed by atoms with Gasteiger partial charge in [0.25, 0.3) is 0 Å². The fraction of sp³-hybridized carbons (Fsp3) is 1.00. The number of likely N-dealkylation sites (tertiary alicyclic amines) is 1. The lowest BCUT2D eigenvalue weighted by Gasteiger charge is -2.31. The van der Waals surface area contributed by atoms with E-state index in [1.807, 2.05) is 0 Å². The van der Waals surface area contributed by atoms with Crippen molar-refractivity contribution in [3.05, 3.63) is 0 Å². The molecule has 2 aliphatic rings. The highest BCUT2D eigenvalue weighted by atomic mass is 15.1. The van der Waals surface area contributed by atoms with Crippen molar-refractivity contribution < 1.29 is 0 Å². The molecule has 2 aliphatic heterocycles. The predicted octanol–water partition coefficient (Wildman–Crippen LogP) is 2.50. The summed E-state index contributed by atoms with van der Waals surface area (Å²) >= 11 is 0. The van der Waals surface area contributed by atoms with Gasteiger partial charge in [0, 0.05) is 6.54 Å². The lowest BCUT2D eigenvalue weighted by molar-refractivity contribution is 0.176. The molecule has 0 amide bonds. The van der Waals surface area contributed by atoms with Crippen molar-refractivity contribution >= 4 is 0 Å². The van der Waals surface area contributed by atoms with E-state index in [0.717, 1.165) is 11.8 Å². The predicted molar refractivity (Wildman–Crippen MR) is 69.7 cm³/mol. The van der Waals surface area contributed by atoms with E-state index in [-0.39, 0.29) is 0 Å². The summed E-state index contributed by atoms with van der Waals surface area (Å²) in [6.07, 6.45) is 8.58. The first-order valence-electron chi connectivity index (χ1n) is 7.27. The molecule has 0 spiro atoms. The van der Waals surface area contributed by atoms with Gasteiger partial charge in [0.15, 0.2) is 0 Å². The fourth-order valence-corrected chi connectivity index (χ4v) is 3.26. The Kier molecular flexibility index (Phi) is 5.11. The molecule has 2 heterocycles. The number of nitrogens with one attached hydrogen (secondary N) is 1. The van der Waals surface area contributed by atoms with E-state index < -0.39 is 0 Å². The van der Waals surface area contributed by atoms with Crippen LogP contribution < -0.4 is 5.32 Å². The normalized spacial score (nSPS) is 32.8. The van der Waals surface area contributed by atoms with Gasteiger partial charge in [-0.25, -0.2) is 0 Å². The molecule has 2 heteroatoms. The lowest BCUT2D eigenvalue weighted by Crippen LogP contribution is -2.35. The van der Waals surface area contributed by atoms with Gasteiger partial charge in [-0.1, -0.05) is 6.92 Å². The van der Waals surface area contributed by atoms with Gasteiger partial charge in [-0.3, -0.25) is 0 Å². The second-order valence-electron chi connectivity index (χ2n) is 5.90. The zero-order valence-electron chi connectivity index (χ0n) is 10.9. The Balaban J connectivity index is 1.56. The summed E-state index contributed by atoms with van der Waals surface area (Å²) in [5.41, 5.74) is 0. The second kappa shape index (κ2) is 6.61. The molecule has 0 aromatic rings. The zero-order chi connectivity index (χ0) is 11.2. The molecule has 0 aliphatic carbocycles. The Bertz CT molecular complexity index is 187. The summed E-state index contributed by atoms with van der Waals surface area (Å²) in [5.74, 6) is 1.90. The van der Waals surface area contributed by atoms with Crippen molar-refractivity contribution in [1.82, 2.24) is 10.2 Å². The first kappa shape index (κ1) is 12.4. The van der Waals surface area contributed by atoms with Gasteiger partial charge < -0.3 is 10.2 Å². The van der Waals surface area contributed by atoms with Gasteiger partial charge >= 0.3 is 0 Å². The molecule has 2 saturated heterocycles. The van der Waals surface area contributed by atoms with Crippen molar-refractivity contribution in [3.8, 4) is 0 Å². The van der Waals surface area contributed by atoms with Crippen molar-refractivity contribution in [2.24, 2.45) is 11.8 Å². The van der Waals surface area contributed by atoms with E-state index in [2.05, 4.69) is 17.1 Å². The molecule has 1 N–H and O–H groups in total. The summed E-state index contributed by atoms with van der Waals surface area (Å²) < 4.78 is 0. The molecule has 94 valence electrons. The van der Waals surface area contributed by atoms with Crippen LogP contribution in [0, 0.1) is 11.8 Å². The summed E-state index contributed by atoms with van der Waals surface area (Å²) in [7, 11) is 0. The average Bonchev–Trinajstić information content (AvgIpc) is 2.30. The maximum atomic E-state index is 3.52. The minimum Gasteiger partial charge on any atom is -0.316 e. The van der Waals surface area contributed by atoms with Crippen LogP contribution in [-0.4, -0.2) is 37.6 Å². The zero-order valence-corrected chi connectivity index (χ0v) is 10.9. The van der Waals surface area contributed by atoms with Gasteiger partial charge in [-0.15, -0.1) is 0 Å². The molecule has 0 radical (unpaired) electrons. The van der Waals surface area contributed by atoms with Crippen molar-refractivity contribution in [3.63, 3.8) is 0 Å². The molecule has 2 unspecified atom stereocenters. The van der Waals surface area contributed by atoms with Gasteiger partial charge in [0.2, 0.25) is 0 Å². The maximum Gasteiger partial charge on any atom is 0.000703 e. The number of piperidine rings is 2. The van der Waals surface area contributed by atoms with E-state index in [0.29, 0.717) is 0 Å². The summed E-state index contributed by atoms with van der Waals surface area (Å²) in [6, 6.07) is 0. The Labute approximate surface area is 101 Å². The van der Waals surface area contributed by atoms with Crippen LogP contribution in [0.25, 0.3) is 0 Å². The van der Waals surface area contributed by atoms with Crippen LogP contribution >= 0.6 is 0 Å². The summed E-state index contributed by atoms with van der Waals surface area (Å²) in [5, 5.41) is 3.52. The highest BCUT2D eigenvalue weighted by molar-refractivity contribution is 4.72. The Morgan fingerprint density at radius 1 is 1.25 bits per heavy atom. The van der Waals surface area contributed by atoms with Gasteiger partial charge in [-0.2, -0.15) is 0 Å². The second-order valence-corrected chi connectivity index (χ2v) is 5.90. The van der Waals surface area contributed by atoms with Gasteiger partial charge in [0.05, 0.1) is 0 Å². The number of nitrogens with zero attached hydrogens (tertiary/aromatic N) is 1. The molecule has 0 saturated carbocycles. The monoisotopic (exact) mass is 224 g/mol. The fourth-order valence-electron chi connectivity index (χ4n) is 3.26. The molecule has 0 bridgehead atoms. The largest absolute Gasteiger partial charge is 0.316 e. The van der Waals surface area contributed by atoms with Crippen LogP contribution in [0.15, 0.2) is 0 Å². The first-order valence-corrected chi connectivity index (χ1v) is 7.27. The topological polar surface area (TPSA) is 15.3 Å². The van der Waals surface area contributed by atoms with Crippen molar-refractivity contribution in [2.45, 2.75) is 45.4 Å². The van der Waals surface area contributed by atoms with E-state index >= 15 is 0 Å². The third kappa shape index (κ3) is 4.06. The molecule has 0 aromatic heterocycles. The quantitative estimate of drug-likeness (QED) is 0.789. The number of rotatable bonds is 4. The van der Waals surface area contributed by atoms with Crippen LogP contribution in [0.2, 0.25) is 0 Å². The highest BCUT2D eigenvalue weighted by Gasteiger charge is 2.17. The first-order chi connectivity index (χ1) is 7.84. The van der Waals surface area contributed by atoms with Crippen molar-refractivity contribution in [1.29, 1.82) is 0 Å². The molecular formula is C14H28N2. The summed E-state index contributed by atoms with van der Waals surface area (Å²) in [6.45, 7) is 8.98. The average molecular weight is 224 g/mol. The Morgan fingerprint density at radius 2 is 2.19 bits per heavy atom. The smallest absolute Gasteiger partial charge is 0.000703 e. The number of hydrogen-bond acceptors (Lipinski definition) is 2. The van der Waals surface area contributed by atoms with E-state index in [9.17, 15) is 0 Å². The Hall–Kier alpha value is -0.0800. The SMILES string of the molecule is CC1CCCN(CCCC2CCCNC2)C1. The lowest BCUT2D eigenvalue weighted by atomic mass is 9.94. The molecule has 2 rings (SSSR count). The summed E-state index contributed by atoms with van der Waals surface area (Å²) in [4.78, 5) is 2.68. The van der Waals surface area contributed by atoms with Gasteiger partial charge in [0.1, 0.15) is 0 Å². The number of hydrogen-bond donors (Lipinski definition) is 1. The van der Waals surface area contributed by atoms with E-state index in [4.69, 9.17) is 0 Å². The minimum atomic E-state index is 0.935. The highest BCUT2D eigenvalue weighted by Crippen LogP contribution is 2.19. The third-order valence-electron chi connectivity index (χ3n) is 4.23. The van der Waals surface area contributed by atoms with Crippen LogP contribution in [0.5, 0.6) is 0 Å². The van der Waals surface area contributed by atoms with Crippen LogP contribution in [0.4, 0.5) is 0 Å². The molecule has 2 atom stereocenters. The van der Waals surface area contributed by atoms with Crippen molar-refractivity contribution in [2.75, 3.05) is 32.7 Å². The standard InChI is InChI=1S/C14H28N2/c1-13-5-3-9-16(12-13)10-4-7-14-6-2-8-15-11-14/h13-15H,2-12H2,1H3. The minimum absolute atomic E-state index is 0.935. The molecule has 0 aromatic carbocycles. The van der Waals surface area contributed by atoms with Crippen LogP contribution in [0.1, 0.15) is 45.4 Å². The molecular weight excluding hydrogens is 196 g/mol. The molecule has 2 nitrogen and oxygen atoms in total. The Morgan fingerprint density at radius 3 is 2.94 bits per heavy atom. The maximum absolute atomic E-state index is 3.52. The third-order valence-corrected chi connectivity index (χ3v) is 4.23. The molecule has 16 heavy (non-hydrogen) atoms. The van der Waals surface area contributed by atoms with Crippen LogP contribution in [-0.2, 0) is 0 Å². The van der Waals surface area contributed by atoms with Crippen LogP contribution in [0.3, 0.4) is 0 Å². The van der Waals surface area contributed by atoms with E-state index in [1.165, 1.54) is 71.2 Å². The van der Waals surface area contributed by atoms with Gasteiger partial charge in [-0.05, 0) is 76.5 Å². The molecule has 2 fully saturated rings.